The molecular weight excluding hydrogens is 312 g/mol. The van der Waals surface area contributed by atoms with Gasteiger partial charge >= 0.3 is 0 Å². The zero-order valence-corrected chi connectivity index (χ0v) is 15.0. The second kappa shape index (κ2) is 8.81. The molecule has 1 fully saturated rings. The predicted octanol–water partition coefficient (Wildman–Crippen LogP) is 2.66. The summed E-state index contributed by atoms with van der Waals surface area (Å²) < 4.78 is 2.01. The highest BCUT2D eigenvalue weighted by Crippen LogP contribution is 2.27. The number of amides is 1. The number of rotatable bonds is 7. The lowest BCUT2D eigenvalue weighted by Crippen LogP contribution is -2.45. The van der Waals surface area contributed by atoms with Gasteiger partial charge in [-0.1, -0.05) is 37.3 Å². The first-order valence-corrected chi connectivity index (χ1v) is 9.27. The van der Waals surface area contributed by atoms with E-state index in [0.29, 0.717) is 12.5 Å². The summed E-state index contributed by atoms with van der Waals surface area (Å²) in [7, 11) is 0. The minimum absolute atomic E-state index is 0.130. The Balaban J connectivity index is 1.42. The molecule has 1 N–H and O–H groups in total. The van der Waals surface area contributed by atoms with E-state index in [1.165, 1.54) is 5.56 Å². The number of aromatic nitrogens is 2. The first-order chi connectivity index (χ1) is 12.2. The van der Waals surface area contributed by atoms with Gasteiger partial charge in [-0.25, -0.2) is 4.98 Å². The molecule has 1 saturated heterocycles. The molecule has 1 atom stereocenters. The molecule has 1 aromatic carbocycles. The summed E-state index contributed by atoms with van der Waals surface area (Å²) in [5.74, 6) is 0.760. The molecule has 3 rings (SSSR count). The van der Waals surface area contributed by atoms with E-state index in [2.05, 4.69) is 52.5 Å². The van der Waals surface area contributed by atoms with Gasteiger partial charge in [0.25, 0.3) is 0 Å². The van der Waals surface area contributed by atoms with Crippen molar-refractivity contribution < 1.29 is 4.79 Å². The number of carbonyl (C=O) groups excluding carboxylic acids is 1. The Morgan fingerprint density at radius 3 is 2.68 bits per heavy atom. The number of hydrogen-bond donors (Lipinski definition) is 1. The zero-order valence-electron chi connectivity index (χ0n) is 15.0. The molecule has 5 nitrogen and oxygen atoms in total. The van der Waals surface area contributed by atoms with Gasteiger partial charge in [0.15, 0.2) is 0 Å². The van der Waals surface area contributed by atoms with Crippen molar-refractivity contribution in [2.24, 2.45) is 0 Å². The summed E-state index contributed by atoms with van der Waals surface area (Å²) in [6, 6.07) is 10.9. The third-order valence-electron chi connectivity index (χ3n) is 5.07. The normalized spacial score (nSPS) is 17.3. The molecule has 0 bridgehead atoms. The van der Waals surface area contributed by atoms with Crippen LogP contribution in [0.4, 0.5) is 0 Å². The first-order valence-electron chi connectivity index (χ1n) is 9.27. The van der Waals surface area contributed by atoms with E-state index in [0.717, 1.165) is 38.9 Å². The molecule has 0 spiro atoms. The molecule has 5 heteroatoms. The number of carbonyl (C=O) groups is 1. The van der Waals surface area contributed by atoms with Crippen molar-refractivity contribution in [1.82, 2.24) is 19.8 Å². The van der Waals surface area contributed by atoms with Gasteiger partial charge in [-0.05, 0) is 43.8 Å². The molecule has 1 aromatic heterocycles. The van der Waals surface area contributed by atoms with Gasteiger partial charge in [-0.3, -0.25) is 9.69 Å². The first kappa shape index (κ1) is 17.7. The molecule has 2 heterocycles. The number of imidazole rings is 1. The van der Waals surface area contributed by atoms with Crippen LogP contribution in [-0.4, -0.2) is 46.0 Å². The summed E-state index contributed by atoms with van der Waals surface area (Å²) >= 11 is 0. The smallest absolute Gasteiger partial charge is 0.234 e. The van der Waals surface area contributed by atoms with Crippen molar-refractivity contribution in [2.45, 2.75) is 44.7 Å². The molecule has 25 heavy (non-hydrogen) atoms. The van der Waals surface area contributed by atoms with Gasteiger partial charge in [-0.15, -0.1) is 0 Å². The van der Waals surface area contributed by atoms with Crippen LogP contribution in [0.25, 0.3) is 0 Å². The van der Waals surface area contributed by atoms with Crippen LogP contribution in [0.5, 0.6) is 0 Å². The lowest BCUT2D eigenvalue weighted by molar-refractivity contribution is -0.123. The highest BCUT2D eigenvalue weighted by Gasteiger charge is 2.22. The Hall–Kier alpha value is -2.14. The Morgan fingerprint density at radius 2 is 2.04 bits per heavy atom. The Kier molecular flexibility index (Phi) is 6.23. The van der Waals surface area contributed by atoms with Crippen LogP contribution < -0.4 is 5.32 Å². The number of piperidine rings is 1. The fourth-order valence-corrected chi connectivity index (χ4v) is 3.55. The molecule has 1 amide bonds. The van der Waals surface area contributed by atoms with Crippen LogP contribution in [-0.2, 0) is 11.3 Å². The molecule has 0 saturated carbocycles. The average Bonchev–Trinajstić information content (AvgIpc) is 3.15. The molecule has 0 unspecified atom stereocenters. The van der Waals surface area contributed by atoms with Crippen LogP contribution in [0.3, 0.4) is 0 Å². The summed E-state index contributed by atoms with van der Waals surface area (Å²) in [6.07, 6.45) is 8.67. The lowest BCUT2D eigenvalue weighted by Gasteiger charge is -2.32. The van der Waals surface area contributed by atoms with Gasteiger partial charge in [-0.2, -0.15) is 0 Å². The topological polar surface area (TPSA) is 50.2 Å². The highest BCUT2D eigenvalue weighted by molar-refractivity contribution is 5.78. The maximum atomic E-state index is 12.4. The standard InChI is InChI=1S/C20H28N4O/c1-2-19(14-24-13-10-21-16-24)22-20(25)15-23-11-8-18(9-12-23)17-6-4-3-5-7-17/h3-7,10,13,16,18-19H,2,8-9,11-12,14-15H2,1H3,(H,22,25)/t19-/m0/s1. The van der Waals surface area contributed by atoms with Crippen molar-refractivity contribution in [3.63, 3.8) is 0 Å². The number of hydrogen-bond acceptors (Lipinski definition) is 3. The number of likely N-dealkylation sites (tertiary alicyclic amines) is 1. The number of nitrogens with zero attached hydrogens (tertiary/aromatic N) is 3. The Bertz CT molecular complexity index is 633. The molecule has 1 aliphatic heterocycles. The summed E-state index contributed by atoms with van der Waals surface area (Å²) in [6.45, 7) is 5.37. The number of benzene rings is 1. The minimum Gasteiger partial charge on any atom is -0.350 e. The fourth-order valence-electron chi connectivity index (χ4n) is 3.55. The molecule has 0 radical (unpaired) electrons. The summed E-state index contributed by atoms with van der Waals surface area (Å²) in [4.78, 5) is 18.7. The van der Waals surface area contributed by atoms with E-state index in [1.807, 2.05) is 10.8 Å². The van der Waals surface area contributed by atoms with Gasteiger partial charge in [0.1, 0.15) is 0 Å². The zero-order chi connectivity index (χ0) is 17.5. The summed E-state index contributed by atoms with van der Waals surface area (Å²) in [5.41, 5.74) is 1.43. The lowest BCUT2D eigenvalue weighted by atomic mass is 9.89. The Morgan fingerprint density at radius 1 is 1.28 bits per heavy atom. The largest absolute Gasteiger partial charge is 0.350 e. The predicted molar refractivity (Wildman–Crippen MR) is 99.3 cm³/mol. The van der Waals surface area contributed by atoms with Gasteiger partial charge in [0.2, 0.25) is 5.91 Å². The molecular formula is C20H28N4O. The number of nitrogens with one attached hydrogen (secondary N) is 1. The quantitative estimate of drug-likeness (QED) is 0.843. The van der Waals surface area contributed by atoms with E-state index < -0.39 is 0 Å². The van der Waals surface area contributed by atoms with Crippen LogP contribution in [0.1, 0.15) is 37.7 Å². The highest BCUT2D eigenvalue weighted by atomic mass is 16.2. The van der Waals surface area contributed by atoms with Crippen molar-refractivity contribution in [1.29, 1.82) is 0 Å². The third-order valence-corrected chi connectivity index (χ3v) is 5.07. The van der Waals surface area contributed by atoms with E-state index in [1.54, 1.807) is 12.5 Å². The maximum absolute atomic E-state index is 12.4. The Labute approximate surface area is 150 Å². The van der Waals surface area contributed by atoms with Crippen molar-refractivity contribution in [3.05, 3.63) is 54.6 Å². The van der Waals surface area contributed by atoms with Crippen LogP contribution in [0.15, 0.2) is 49.1 Å². The van der Waals surface area contributed by atoms with Crippen molar-refractivity contribution >= 4 is 5.91 Å². The summed E-state index contributed by atoms with van der Waals surface area (Å²) in [5, 5.41) is 3.17. The molecule has 134 valence electrons. The minimum atomic E-state index is 0.130. The van der Waals surface area contributed by atoms with Gasteiger partial charge in [0, 0.05) is 25.0 Å². The molecule has 2 aromatic rings. The van der Waals surface area contributed by atoms with Crippen LogP contribution >= 0.6 is 0 Å². The van der Waals surface area contributed by atoms with Crippen LogP contribution in [0.2, 0.25) is 0 Å². The molecule has 0 aliphatic carbocycles. The van der Waals surface area contributed by atoms with E-state index in [4.69, 9.17) is 0 Å². The molecule has 1 aliphatic rings. The van der Waals surface area contributed by atoms with Crippen molar-refractivity contribution in [3.8, 4) is 0 Å². The van der Waals surface area contributed by atoms with E-state index in [-0.39, 0.29) is 11.9 Å². The average molecular weight is 340 g/mol. The maximum Gasteiger partial charge on any atom is 0.234 e. The van der Waals surface area contributed by atoms with E-state index >= 15 is 0 Å². The fraction of sp³-hybridized carbons (Fsp3) is 0.500. The SMILES string of the molecule is CC[C@@H](Cn1ccnc1)NC(=O)CN1CCC(c2ccccc2)CC1. The van der Waals surface area contributed by atoms with E-state index in [9.17, 15) is 4.79 Å². The second-order valence-corrected chi connectivity index (χ2v) is 6.89. The van der Waals surface area contributed by atoms with Crippen molar-refractivity contribution in [2.75, 3.05) is 19.6 Å². The van der Waals surface area contributed by atoms with Gasteiger partial charge in [0.05, 0.1) is 12.9 Å². The van der Waals surface area contributed by atoms with Crippen LogP contribution in [0, 0.1) is 0 Å². The monoisotopic (exact) mass is 340 g/mol. The second-order valence-electron chi connectivity index (χ2n) is 6.89. The third kappa shape index (κ3) is 5.16. The van der Waals surface area contributed by atoms with Gasteiger partial charge < -0.3 is 9.88 Å².